The highest BCUT2D eigenvalue weighted by atomic mass is 15.2. The number of rotatable bonds is 5. The zero-order valence-electron chi connectivity index (χ0n) is 12.3. The van der Waals surface area contributed by atoms with Gasteiger partial charge in [0.15, 0.2) is 0 Å². The van der Waals surface area contributed by atoms with Crippen molar-refractivity contribution < 1.29 is 0 Å². The van der Waals surface area contributed by atoms with Gasteiger partial charge in [0.05, 0.1) is 0 Å². The highest BCUT2D eigenvalue weighted by Gasteiger charge is 2.30. The molecule has 106 valence electrons. The van der Waals surface area contributed by atoms with Gasteiger partial charge in [0, 0.05) is 25.2 Å². The van der Waals surface area contributed by atoms with Gasteiger partial charge in [-0.15, -0.1) is 0 Å². The van der Waals surface area contributed by atoms with Gasteiger partial charge in [-0.05, 0) is 44.8 Å². The van der Waals surface area contributed by atoms with Gasteiger partial charge < -0.3 is 10.6 Å². The van der Waals surface area contributed by atoms with Crippen LogP contribution in [0.25, 0.3) is 0 Å². The first-order valence-electron chi connectivity index (χ1n) is 7.96. The second-order valence-corrected chi connectivity index (χ2v) is 6.13. The van der Waals surface area contributed by atoms with Crippen LogP contribution in [-0.4, -0.2) is 54.6 Å². The summed E-state index contributed by atoms with van der Waals surface area (Å²) in [5.74, 6) is 0.759. The molecule has 0 spiro atoms. The van der Waals surface area contributed by atoms with Crippen molar-refractivity contribution in [3.63, 3.8) is 0 Å². The Morgan fingerprint density at radius 3 is 2.50 bits per heavy atom. The molecule has 2 fully saturated rings. The zero-order valence-corrected chi connectivity index (χ0v) is 12.3. The molecular weight excluding hydrogens is 222 g/mol. The summed E-state index contributed by atoms with van der Waals surface area (Å²) in [6.07, 6.45) is 6.70. The second kappa shape index (κ2) is 6.88. The molecule has 1 heterocycles. The number of hydrogen-bond donors (Lipinski definition) is 1. The first-order chi connectivity index (χ1) is 8.74. The number of hydrogen-bond acceptors (Lipinski definition) is 3. The Kier molecular flexibility index (Phi) is 5.46. The Morgan fingerprint density at radius 2 is 1.83 bits per heavy atom. The lowest BCUT2D eigenvalue weighted by Gasteiger charge is -2.32. The van der Waals surface area contributed by atoms with E-state index in [4.69, 9.17) is 5.73 Å². The maximum Gasteiger partial charge on any atom is 0.0235 e. The lowest BCUT2D eigenvalue weighted by atomic mass is 9.85. The third kappa shape index (κ3) is 3.46. The predicted octanol–water partition coefficient (Wildman–Crippen LogP) is 1.92. The van der Waals surface area contributed by atoms with Gasteiger partial charge in [-0.3, -0.25) is 4.90 Å². The molecule has 0 amide bonds. The fraction of sp³-hybridized carbons (Fsp3) is 1.00. The third-order valence-electron chi connectivity index (χ3n) is 5.04. The number of likely N-dealkylation sites (N-methyl/N-ethyl adjacent to an activating group) is 1. The molecule has 1 saturated carbocycles. The van der Waals surface area contributed by atoms with Crippen molar-refractivity contribution in [2.45, 2.75) is 58.0 Å². The van der Waals surface area contributed by atoms with Crippen molar-refractivity contribution >= 4 is 0 Å². The van der Waals surface area contributed by atoms with E-state index in [1.54, 1.807) is 0 Å². The Balaban J connectivity index is 1.78. The van der Waals surface area contributed by atoms with Crippen LogP contribution in [0, 0.1) is 5.92 Å². The van der Waals surface area contributed by atoms with E-state index in [0.29, 0.717) is 6.04 Å². The SMILES string of the molecule is CCN(CC)C1CCN(CC2CCCCC2N)C1. The van der Waals surface area contributed by atoms with E-state index in [1.165, 1.54) is 64.8 Å². The molecular formula is C15H31N3. The van der Waals surface area contributed by atoms with E-state index in [2.05, 4.69) is 23.6 Å². The zero-order chi connectivity index (χ0) is 13.0. The summed E-state index contributed by atoms with van der Waals surface area (Å²) < 4.78 is 0. The van der Waals surface area contributed by atoms with Crippen LogP contribution in [0.5, 0.6) is 0 Å². The Morgan fingerprint density at radius 1 is 1.11 bits per heavy atom. The van der Waals surface area contributed by atoms with Crippen LogP contribution < -0.4 is 5.73 Å². The normalized spacial score (nSPS) is 34.3. The summed E-state index contributed by atoms with van der Waals surface area (Å²) in [4.78, 5) is 5.28. The summed E-state index contributed by atoms with van der Waals surface area (Å²) in [5.41, 5.74) is 6.27. The highest BCUT2D eigenvalue weighted by molar-refractivity contribution is 4.87. The lowest BCUT2D eigenvalue weighted by molar-refractivity contribution is 0.181. The number of likely N-dealkylation sites (tertiary alicyclic amines) is 1. The monoisotopic (exact) mass is 253 g/mol. The van der Waals surface area contributed by atoms with Gasteiger partial charge in [-0.25, -0.2) is 0 Å². The van der Waals surface area contributed by atoms with Gasteiger partial charge >= 0.3 is 0 Å². The number of nitrogens with two attached hydrogens (primary N) is 1. The molecule has 3 heteroatoms. The second-order valence-electron chi connectivity index (χ2n) is 6.13. The fourth-order valence-electron chi connectivity index (χ4n) is 3.81. The largest absolute Gasteiger partial charge is 0.327 e. The van der Waals surface area contributed by atoms with E-state index >= 15 is 0 Å². The molecule has 0 aromatic heterocycles. The van der Waals surface area contributed by atoms with Crippen LogP contribution in [0.1, 0.15) is 46.0 Å². The van der Waals surface area contributed by atoms with Crippen molar-refractivity contribution in [1.82, 2.24) is 9.80 Å². The molecule has 18 heavy (non-hydrogen) atoms. The Hall–Kier alpha value is -0.120. The molecule has 0 bridgehead atoms. The van der Waals surface area contributed by atoms with Gasteiger partial charge in [-0.1, -0.05) is 26.7 Å². The van der Waals surface area contributed by atoms with Crippen molar-refractivity contribution in [2.75, 3.05) is 32.7 Å². The third-order valence-corrected chi connectivity index (χ3v) is 5.04. The van der Waals surface area contributed by atoms with E-state index < -0.39 is 0 Å². The van der Waals surface area contributed by atoms with Crippen LogP contribution in [0.15, 0.2) is 0 Å². The Bertz CT molecular complexity index is 240. The van der Waals surface area contributed by atoms with Gasteiger partial charge in [-0.2, -0.15) is 0 Å². The molecule has 3 nitrogen and oxygen atoms in total. The van der Waals surface area contributed by atoms with Crippen LogP contribution in [-0.2, 0) is 0 Å². The van der Waals surface area contributed by atoms with Crippen molar-refractivity contribution in [3.8, 4) is 0 Å². The lowest BCUT2D eigenvalue weighted by Crippen LogP contribution is -2.42. The van der Waals surface area contributed by atoms with E-state index in [9.17, 15) is 0 Å². The average molecular weight is 253 g/mol. The van der Waals surface area contributed by atoms with Gasteiger partial charge in [0.25, 0.3) is 0 Å². The minimum atomic E-state index is 0.464. The summed E-state index contributed by atoms with van der Waals surface area (Å²) in [6, 6.07) is 1.26. The fourth-order valence-corrected chi connectivity index (χ4v) is 3.81. The summed E-state index contributed by atoms with van der Waals surface area (Å²) in [5, 5.41) is 0. The smallest absolute Gasteiger partial charge is 0.0235 e. The molecule has 0 aromatic carbocycles. The van der Waals surface area contributed by atoms with Crippen molar-refractivity contribution in [2.24, 2.45) is 11.7 Å². The minimum absolute atomic E-state index is 0.464. The van der Waals surface area contributed by atoms with Crippen molar-refractivity contribution in [3.05, 3.63) is 0 Å². The molecule has 1 saturated heterocycles. The predicted molar refractivity (Wildman–Crippen MR) is 77.7 cm³/mol. The van der Waals surface area contributed by atoms with Crippen LogP contribution in [0.3, 0.4) is 0 Å². The maximum absolute atomic E-state index is 6.27. The molecule has 1 aliphatic heterocycles. The quantitative estimate of drug-likeness (QED) is 0.812. The molecule has 3 unspecified atom stereocenters. The van der Waals surface area contributed by atoms with Crippen LogP contribution >= 0.6 is 0 Å². The van der Waals surface area contributed by atoms with Crippen LogP contribution in [0.4, 0.5) is 0 Å². The summed E-state index contributed by atoms with van der Waals surface area (Å²) >= 11 is 0. The van der Waals surface area contributed by atoms with Crippen LogP contribution in [0.2, 0.25) is 0 Å². The first kappa shape index (κ1) is 14.3. The Labute approximate surface area is 113 Å². The van der Waals surface area contributed by atoms with Crippen molar-refractivity contribution in [1.29, 1.82) is 0 Å². The molecule has 2 aliphatic rings. The highest BCUT2D eigenvalue weighted by Crippen LogP contribution is 2.25. The molecule has 2 rings (SSSR count). The molecule has 3 atom stereocenters. The molecule has 2 N–H and O–H groups in total. The van der Waals surface area contributed by atoms with E-state index in [1.807, 2.05) is 0 Å². The standard InChI is InChI=1S/C15H31N3/c1-3-18(4-2)14-9-10-17(12-14)11-13-7-5-6-8-15(13)16/h13-15H,3-12,16H2,1-2H3. The molecule has 0 radical (unpaired) electrons. The topological polar surface area (TPSA) is 32.5 Å². The minimum Gasteiger partial charge on any atom is -0.327 e. The summed E-state index contributed by atoms with van der Waals surface area (Å²) in [7, 11) is 0. The summed E-state index contributed by atoms with van der Waals surface area (Å²) in [6.45, 7) is 10.7. The van der Waals surface area contributed by atoms with E-state index in [0.717, 1.165) is 12.0 Å². The molecule has 0 aromatic rings. The first-order valence-corrected chi connectivity index (χ1v) is 7.96. The maximum atomic E-state index is 6.27. The van der Waals surface area contributed by atoms with Gasteiger partial charge in [0.1, 0.15) is 0 Å². The average Bonchev–Trinajstić information content (AvgIpc) is 2.82. The van der Waals surface area contributed by atoms with E-state index in [-0.39, 0.29) is 0 Å². The molecule has 1 aliphatic carbocycles. The van der Waals surface area contributed by atoms with Gasteiger partial charge in [0.2, 0.25) is 0 Å². The number of nitrogens with zero attached hydrogens (tertiary/aromatic N) is 2.